The number of hydrogen-bond acceptors (Lipinski definition) is 3. The van der Waals surface area contributed by atoms with E-state index in [0.29, 0.717) is 13.0 Å². The smallest absolute Gasteiger partial charge is 0.164 e. The number of benzene rings is 1. The predicted octanol–water partition coefficient (Wildman–Crippen LogP) is 4.49. The minimum atomic E-state index is 0.237. The number of para-hydroxylation sites is 1. The fraction of sp³-hybridized carbons (Fsp3) is 0.267. The molecule has 0 radical (unpaired) electrons. The maximum atomic E-state index is 12.3. The summed E-state index contributed by atoms with van der Waals surface area (Å²) in [6.07, 6.45) is 1.50. The molecule has 1 aromatic heterocycles. The molecule has 0 N–H and O–H groups in total. The molecule has 19 heavy (non-hydrogen) atoms. The van der Waals surface area contributed by atoms with Gasteiger partial charge in [-0.1, -0.05) is 18.2 Å². The SMILES string of the molecule is O=C(CC1CCOc2ccccc21)c1csc(I)c1. The Balaban J connectivity index is 1.79. The number of halogens is 1. The van der Waals surface area contributed by atoms with Crippen LogP contribution in [0.25, 0.3) is 0 Å². The van der Waals surface area contributed by atoms with Crippen molar-refractivity contribution in [3.63, 3.8) is 0 Å². The Morgan fingerprint density at radius 1 is 1.42 bits per heavy atom. The summed E-state index contributed by atoms with van der Waals surface area (Å²) in [6.45, 7) is 0.704. The van der Waals surface area contributed by atoms with Crippen LogP contribution in [0.15, 0.2) is 35.7 Å². The molecular formula is C15H13IO2S. The van der Waals surface area contributed by atoms with Crippen molar-refractivity contribution in [2.45, 2.75) is 18.8 Å². The standard InChI is InChI=1S/C15H13IO2S/c16-15-8-11(9-19-15)13(17)7-10-5-6-18-14-4-2-1-3-12(10)14/h1-4,8-10H,5-7H2. The molecule has 0 amide bonds. The lowest BCUT2D eigenvalue weighted by Gasteiger charge is -2.25. The molecular weight excluding hydrogens is 371 g/mol. The van der Waals surface area contributed by atoms with E-state index in [0.717, 1.165) is 20.6 Å². The van der Waals surface area contributed by atoms with Gasteiger partial charge < -0.3 is 4.74 Å². The largest absolute Gasteiger partial charge is 0.493 e. The summed E-state index contributed by atoms with van der Waals surface area (Å²) in [5.41, 5.74) is 2.02. The lowest BCUT2D eigenvalue weighted by atomic mass is 9.88. The number of fused-ring (bicyclic) bond motifs is 1. The Kier molecular flexibility index (Phi) is 3.88. The Labute approximate surface area is 129 Å². The van der Waals surface area contributed by atoms with Crippen LogP contribution in [0.1, 0.15) is 34.7 Å². The summed E-state index contributed by atoms with van der Waals surface area (Å²) in [5, 5.41) is 1.95. The van der Waals surface area contributed by atoms with Crippen LogP contribution in [0.3, 0.4) is 0 Å². The molecule has 4 heteroatoms. The second-order valence-electron chi connectivity index (χ2n) is 4.64. The van der Waals surface area contributed by atoms with Crippen molar-refractivity contribution in [1.29, 1.82) is 0 Å². The highest BCUT2D eigenvalue weighted by molar-refractivity contribution is 14.1. The Morgan fingerprint density at radius 3 is 3.05 bits per heavy atom. The highest BCUT2D eigenvalue weighted by Crippen LogP contribution is 2.36. The van der Waals surface area contributed by atoms with Crippen LogP contribution in [0.5, 0.6) is 5.75 Å². The number of thiophene rings is 1. The second-order valence-corrected chi connectivity index (χ2v) is 7.44. The number of carbonyl (C=O) groups is 1. The molecule has 0 fully saturated rings. The van der Waals surface area contributed by atoms with E-state index < -0.39 is 0 Å². The van der Waals surface area contributed by atoms with Crippen LogP contribution in [0.4, 0.5) is 0 Å². The van der Waals surface area contributed by atoms with Gasteiger partial charge in [0.25, 0.3) is 0 Å². The number of rotatable bonds is 3. The first kappa shape index (κ1) is 13.1. The Bertz CT molecular complexity index is 606. The molecule has 1 aliphatic rings. The molecule has 0 aliphatic carbocycles. The van der Waals surface area contributed by atoms with Gasteiger partial charge in [-0.15, -0.1) is 11.3 Å². The summed E-state index contributed by atoms with van der Waals surface area (Å²) in [6, 6.07) is 10.0. The van der Waals surface area contributed by atoms with Crippen molar-refractivity contribution in [1.82, 2.24) is 0 Å². The van der Waals surface area contributed by atoms with E-state index in [1.165, 1.54) is 5.56 Å². The van der Waals surface area contributed by atoms with Gasteiger partial charge >= 0.3 is 0 Å². The third kappa shape index (κ3) is 2.84. The van der Waals surface area contributed by atoms with E-state index in [1.54, 1.807) is 11.3 Å². The molecule has 0 spiro atoms. The molecule has 0 saturated heterocycles. The first-order valence-electron chi connectivity index (χ1n) is 6.23. The van der Waals surface area contributed by atoms with Crippen molar-refractivity contribution < 1.29 is 9.53 Å². The van der Waals surface area contributed by atoms with Crippen LogP contribution in [-0.2, 0) is 0 Å². The molecule has 2 aromatic rings. The van der Waals surface area contributed by atoms with Crippen LogP contribution >= 0.6 is 33.9 Å². The summed E-state index contributed by atoms with van der Waals surface area (Å²) in [4.78, 5) is 12.3. The van der Waals surface area contributed by atoms with E-state index >= 15 is 0 Å². The van der Waals surface area contributed by atoms with E-state index in [9.17, 15) is 4.79 Å². The Morgan fingerprint density at radius 2 is 2.26 bits per heavy atom. The topological polar surface area (TPSA) is 26.3 Å². The zero-order valence-electron chi connectivity index (χ0n) is 10.3. The highest BCUT2D eigenvalue weighted by Gasteiger charge is 2.24. The molecule has 0 bridgehead atoms. The van der Waals surface area contributed by atoms with Crippen LogP contribution < -0.4 is 4.74 Å². The quantitative estimate of drug-likeness (QED) is 0.576. The van der Waals surface area contributed by atoms with Gasteiger partial charge in [0, 0.05) is 17.4 Å². The zero-order valence-corrected chi connectivity index (χ0v) is 13.2. The third-order valence-corrected chi connectivity index (χ3v) is 5.19. The maximum Gasteiger partial charge on any atom is 0.164 e. The number of Topliss-reactive ketones (excluding diaryl/α,β-unsaturated/α-hetero) is 1. The monoisotopic (exact) mass is 384 g/mol. The molecule has 1 aromatic carbocycles. The van der Waals surface area contributed by atoms with Crippen molar-refractivity contribution >= 4 is 39.7 Å². The van der Waals surface area contributed by atoms with Crippen molar-refractivity contribution in [2.24, 2.45) is 0 Å². The average Bonchev–Trinajstić information content (AvgIpc) is 2.86. The summed E-state index contributed by atoms with van der Waals surface area (Å²) in [7, 11) is 0. The average molecular weight is 384 g/mol. The van der Waals surface area contributed by atoms with Gasteiger partial charge in [0.15, 0.2) is 5.78 Å². The molecule has 3 rings (SSSR count). The van der Waals surface area contributed by atoms with Gasteiger partial charge in [-0.2, -0.15) is 0 Å². The van der Waals surface area contributed by atoms with Crippen molar-refractivity contribution in [3.8, 4) is 5.75 Å². The van der Waals surface area contributed by atoms with E-state index in [-0.39, 0.29) is 11.7 Å². The Hall–Kier alpha value is -0.880. The van der Waals surface area contributed by atoms with Crippen molar-refractivity contribution in [3.05, 3.63) is 49.7 Å². The molecule has 98 valence electrons. The fourth-order valence-corrected chi connectivity index (χ4v) is 3.78. The molecule has 1 atom stereocenters. The second kappa shape index (κ2) is 5.63. The van der Waals surface area contributed by atoms with E-state index in [4.69, 9.17) is 4.74 Å². The molecule has 1 aliphatic heterocycles. The minimum absolute atomic E-state index is 0.237. The van der Waals surface area contributed by atoms with Gasteiger partial charge in [-0.3, -0.25) is 4.79 Å². The summed E-state index contributed by atoms with van der Waals surface area (Å²) in [5.74, 6) is 1.46. The predicted molar refractivity (Wildman–Crippen MR) is 85.3 cm³/mol. The lowest BCUT2D eigenvalue weighted by molar-refractivity contribution is 0.0966. The van der Waals surface area contributed by atoms with Gasteiger partial charge in [-0.25, -0.2) is 0 Å². The van der Waals surface area contributed by atoms with Gasteiger partial charge in [0.1, 0.15) is 5.75 Å². The lowest BCUT2D eigenvalue weighted by Crippen LogP contribution is -2.17. The summed E-state index contributed by atoms with van der Waals surface area (Å²) < 4.78 is 6.80. The van der Waals surface area contributed by atoms with Gasteiger partial charge in [-0.05, 0) is 52.6 Å². The molecule has 1 unspecified atom stereocenters. The van der Waals surface area contributed by atoms with Crippen molar-refractivity contribution in [2.75, 3.05) is 6.61 Å². The molecule has 0 saturated carbocycles. The van der Waals surface area contributed by atoms with Crippen LogP contribution in [0, 0.1) is 2.88 Å². The highest BCUT2D eigenvalue weighted by atomic mass is 127. The third-order valence-electron chi connectivity index (χ3n) is 3.40. The fourth-order valence-electron chi connectivity index (χ4n) is 2.43. The number of ketones is 1. The number of carbonyl (C=O) groups excluding carboxylic acids is 1. The summed E-state index contributed by atoms with van der Waals surface area (Å²) >= 11 is 3.87. The zero-order chi connectivity index (χ0) is 13.2. The normalized spacial score (nSPS) is 17.6. The minimum Gasteiger partial charge on any atom is -0.493 e. The molecule has 2 heterocycles. The van der Waals surface area contributed by atoms with E-state index in [2.05, 4.69) is 28.7 Å². The first-order valence-corrected chi connectivity index (χ1v) is 8.19. The number of hydrogen-bond donors (Lipinski definition) is 0. The first-order chi connectivity index (χ1) is 9.24. The van der Waals surface area contributed by atoms with Crippen LogP contribution in [0.2, 0.25) is 0 Å². The van der Waals surface area contributed by atoms with Gasteiger partial charge in [0.2, 0.25) is 0 Å². The maximum absolute atomic E-state index is 12.3. The van der Waals surface area contributed by atoms with Crippen LogP contribution in [-0.4, -0.2) is 12.4 Å². The number of ether oxygens (including phenoxy) is 1. The molecule has 2 nitrogen and oxygen atoms in total. The van der Waals surface area contributed by atoms with E-state index in [1.807, 2.05) is 29.6 Å². The van der Waals surface area contributed by atoms with Gasteiger partial charge in [0.05, 0.1) is 9.49 Å².